The average molecular weight is 434 g/mol. The van der Waals surface area contributed by atoms with Crippen LogP contribution in [0.25, 0.3) is 11.0 Å². The Hall–Kier alpha value is -2.82. The van der Waals surface area contributed by atoms with Crippen LogP contribution < -0.4 is 10.1 Å². The van der Waals surface area contributed by atoms with E-state index in [0.29, 0.717) is 6.61 Å². The highest BCUT2D eigenvalue weighted by molar-refractivity contribution is 5.81. The van der Waals surface area contributed by atoms with Gasteiger partial charge in [-0.2, -0.15) is 0 Å². The highest BCUT2D eigenvalue weighted by atomic mass is 16.5. The summed E-state index contributed by atoms with van der Waals surface area (Å²) in [6.07, 6.45) is 3.95. The summed E-state index contributed by atoms with van der Waals surface area (Å²) in [5.41, 5.74) is 3.56. The van der Waals surface area contributed by atoms with E-state index in [-0.39, 0.29) is 23.3 Å². The number of nitrogens with one attached hydrogen (secondary N) is 1. The van der Waals surface area contributed by atoms with Gasteiger partial charge in [0.25, 0.3) is 0 Å². The maximum absolute atomic E-state index is 12.3. The summed E-state index contributed by atoms with van der Waals surface area (Å²) in [6.45, 7) is 10.2. The topological polar surface area (TPSA) is 56.2 Å². The van der Waals surface area contributed by atoms with Crippen LogP contribution in [0.5, 0.6) is 5.75 Å². The van der Waals surface area contributed by atoms with Gasteiger partial charge in [0.05, 0.1) is 23.7 Å². The van der Waals surface area contributed by atoms with Gasteiger partial charge in [0.2, 0.25) is 5.91 Å². The number of fused-ring (bicyclic) bond motifs is 1. The smallest absolute Gasteiger partial charge is 0.223 e. The Labute approximate surface area is 191 Å². The summed E-state index contributed by atoms with van der Waals surface area (Å²) in [7, 11) is 0. The molecule has 1 amide bonds. The molecular formula is C27H35N3O2. The van der Waals surface area contributed by atoms with Crippen LogP contribution in [0.2, 0.25) is 0 Å². The second-order valence-electron chi connectivity index (χ2n) is 9.94. The van der Waals surface area contributed by atoms with Crippen LogP contribution in [-0.4, -0.2) is 22.1 Å². The van der Waals surface area contributed by atoms with Gasteiger partial charge in [-0.3, -0.25) is 4.79 Å². The molecule has 170 valence electrons. The second kappa shape index (κ2) is 9.35. The molecule has 5 heteroatoms. The zero-order valence-electron chi connectivity index (χ0n) is 19.7. The third-order valence-corrected chi connectivity index (χ3v) is 6.14. The van der Waals surface area contributed by atoms with Gasteiger partial charge in [-0.25, -0.2) is 4.98 Å². The summed E-state index contributed by atoms with van der Waals surface area (Å²) in [5, 5.41) is 3.15. The highest BCUT2D eigenvalue weighted by Crippen LogP contribution is 2.30. The average Bonchev–Trinajstić information content (AvgIpc) is 3.55. The van der Waals surface area contributed by atoms with Crippen LogP contribution in [0.15, 0.2) is 48.5 Å². The molecule has 1 aliphatic rings. The van der Waals surface area contributed by atoms with E-state index in [1.54, 1.807) is 0 Å². The lowest BCUT2D eigenvalue weighted by atomic mass is 9.87. The number of carbonyl (C=O) groups excluding carboxylic acids is 1. The van der Waals surface area contributed by atoms with Gasteiger partial charge < -0.3 is 14.6 Å². The summed E-state index contributed by atoms with van der Waals surface area (Å²) < 4.78 is 8.22. The first kappa shape index (κ1) is 22.4. The van der Waals surface area contributed by atoms with Crippen LogP contribution in [0.1, 0.15) is 70.8 Å². The zero-order valence-corrected chi connectivity index (χ0v) is 19.7. The Kier molecular flexibility index (Phi) is 6.54. The van der Waals surface area contributed by atoms with E-state index in [2.05, 4.69) is 61.0 Å². The molecule has 0 aliphatic heterocycles. The number of benzene rings is 2. The van der Waals surface area contributed by atoms with Crippen LogP contribution in [0.3, 0.4) is 0 Å². The van der Waals surface area contributed by atoms with E-state index in [0.717, 1.165) is 54.8 Å². The highest BCUT2D eigenvalue weighted by Gasteiger charge is 2.31. The van der Waals surface area contributed by atoms with E-state index in [1.165, 1.54) is 5.56 Å². The minimum absolute atomic E-state index is 0.104. The van der Waals surface area contributed by atoms with E-state index in [9.17, 15) is 4.79 Å². The van der Waals surface area contributed by atoms with Crippen molar-refractivity contribution in [2.75, 3.05) is 6.61 Å². The standard InChI is InChI=1S/C27H35N3O2/c1-19(28-26(31)20-11-12-20)25-29-23-9-5-6-10-24(23)30(25)17-7-8-18-32-22-15-13-21(14-16-22)27(2,3)4/h5-6,9-10,13-16,19-20H,7-8,11-12,17-18H2,1-4H3,(H,28,31). The lowest BCUT2D eigenvalue weighted by Crippen LogP contribution is -2.29. The number of hydrogen-bond donors (Lipinski definition) is 1. The summed E-state index contributed by atoms with van der Waals surface area (Å²) in [4.78, 5) is 17.1. The molecule has 4 rings (SSSR count). The molecule has 1 heterocycles. The van der Waals surface area contributed by atoms with E-state index < -0.39 is 0 Å². The van der Waals surface area contributed by atoms with Crippen molar-refractivity contribution >= 4 is 16.9 Å². The molecule has 1 fully saturated rings. The van der Waals surface area contributed by atoms with Gasteiger partial charge in [-0.05, 0) is 67.9 Å². The Morgan fingerprint density at radius 1 is 1.12 bits per heavy atom. The van der Waals surface area contributed by atoms with Crippen molar-refractivity contribution in [3.05, 3.63) is 59.9 Å². The molecule has 0 spiro atoms. The van der Waals surface area contributed by atoms with Crippen molar-refractivity contribution in [1.82, 2.24) is 14.9 Å². The molecule has 1 aromatic heterocycles. The van der Waals surface area contributed by atoms with Crippen molar-refractivity contribution in [3.63, 3.8) is 0 Å². The number of hydrogen-bond acceptors (Lipinski definition) is 3. The summed E-state index contributed by atoms with van der Waals surface area (Å²) in [5.74, 6) is 2.20. The molecule has 3 aromatic rings. The minimum Gasteiger partial charge on any atom is -0.494 e. The number of aryl methyl sites for hydroxylation is 1. The molecule has 1 unspecified atom stereocenters. The third-order valence-electron chi connectivity index (χ3n) is 6.14. The van der Waals surface area contributed by atoms with Gasteiger partial charge in [0, 0.05) is 12.5 Å². The van der Waals surface area contributed by atoms with E-state index in [1.807, 2.05) is 25.1 Å². The molecular weight excluding hydrogens is 398 g/mol. The van der Waals surface area contributed by atoms with E-state index in [4.69, 9.17) is 9.72 Å². The van der Waals surface area contributed by atoms with Gasteiger partial charge in [-0.1, -0.05) is 45.0 Å². The molecule has 1 N–H and O–H groups in total. The molecule has 1 saturated carbocycles. The first-order valence-corrected chi connectivity index (χ1v) is 11.8. The number of aromatic nitrogens is 2. The predicted molar refractivity (Wildman–Crippen MR) is 129 cm³/mol. The Balaban J connectivity index is 1.34. The molecule has 0 radical (unpaired) electrons. The third kappa shape index (κ3) is 5.32. The van der Waals surface area contributed by atoms with Crippen LogP contribution >= 0.6 is 0 Å². The SMILES string of the molecule is CC(NC(=O)C1CC1)c1nc2ccccc2n1CCCCOc1ccc(C(C)(C)C)cc1. The monoisotopic (exact) mass is 433 g/mol. The first-order valence-electron chi connectivity index (χ1n) is 11.8. The van der Waals surface area contributed by atoms with Crippen molar-refractivity contribution in [2.24, 2.45) is 5.92 Å². The maximum atomic E-state index is 12.3. The largest absolute Gasteiger partial charge is 0.494 e. The lowest BCUT2D eigenvalue weighted by Gasteiger charge is -2.19. The molecule has 0 bridgehead atoms. The minimum atomic E-state index is -0.104. The zero-order chi connectivity index (χ0) is 22.7. The second-order valence-corrected chi connectivity index (χ2v) is 9.94. The quantitative estimate of drug-likeness (QED) is 0.435. The number of para-hydroxylation sites is 2. The fourth-order valence-corrected chi connectivity index (χ4v) is 4.01. The van der Waals surface area contributed by atoms with Crippen molar-refractivity contribution in [3.8, 4) is 5.75 Å². The number of ether oxygens (including phenoxy) is 1. The summed E-state index contributed by atoms with van der Waals surface area (Å²) >= 11 is 0. The number of rotatable bonds is 9. The van der Waals surface area contributed by atoms with Crippen LogP contribution in [0.4, 0.5) is 0 Å². The van der Waals surface area contributed by atoms with E-state index >= 15 is 0 Å². The van der Waals surface area contributed by atoms with Gasteiger partial charge in [0.15, 0.2) is 0 Å². The number of unbranched alkanes of at least 4 members (excludes halogenated alkanes) is 1. The van der Waals surface area contributed by atoms with Gasteiger partial charge in [0.1, 0.15) is 11.6 Å². The molecule has 32 heavy (non-hydrogen) atoms. The lowest BCUT2D eigenvalue weighted by molar-refractivity contribution is -0.123. The molecule has 5 nitrogen and oxygen atoms in total. The summed E-state index contributed by atoms with van der Waals surface area (Å²) in [6, 6.07) is 16.5. The number of imidazole rings is 1. The first-order chi connectivity index (χ1) is 15.3. The van der Waals surface area contributed by atoms with Gasteiger partial charge >= 0.3 is 0 Å². The molecule has 0 saturated heterocycles. The fraction of sp³-hybridized carbons (Fsp3) is 0.481. The molecule has 2 aromatic carbocycles. The number of nitrogens with zero attached hydrogens (tertiary/aromatic N) is 2. The van der Waals surface area contributed by atoms with Crippen molar-refractivity contribution < 1.29 is 9.53 Å². The van der Waals surface area contributed by atoms with Gasteiger partial charge in [-0.15, -0.1) is 0 Å². The Morgan fingerprint density at radius 2 is 1.84 bits per heavy atom. The Morgan fingerprint density at radius 3 is 2.53 bits per heavy atom. The number of carbonyl (C=O) groups is 1. The maximum Gasteiger partial charge on any atom is 0.223 e. The normalized spacial score (nSPS) is 15.0. The van der Waals surface area contributed by atoms with Crippen molar-refractivity contribution in [2.45, 2.75) is 71.4 Å². The fourth-order valence-electron chi connectivity index (χ4n) is 4.01. The van der Waals surface area contributed by atoms with Crippen molar-refractivity contribution in [1.29, 1.82) is 0 Å². The Bertz CT molecular complexity index is 1060. The number of amides is 1. The van der Waals surface area contributed by atoms with Crippen LogP contribution in [0, 0.1) is 5.92 Å². The van der Waals surface area contributed by atoms with Crippen LogP contribution in [-0.2, 0) is 16.8 Å². The predicted octanol–water partition coefficient (Wildman–Crippen LogP) is 5.78. The molecule has 1 atom stereocenters. The molecule has 1 aliphatic carbocycles.